The van der Waals surface area contributed by atoms with Crippen molar-refractivity contribution in [3.63, 3.8) is 0 Å². The van der Waals surface area contributed by atoms with E-state index in [2.05, 4.69) is 32.7 Å². The third kappa shape index (κ3) is 5.14. The van der Waals surface area contributed by atoms with Crippen molar-refractivity contribution < 1.29 is 4.79 Å². The van der Waals surface area contributed by atoms with E-state index in [4.69, 9.17) is 0 Å². The molecule has 8 heteroatoms. The predicted octanol–water partition coefficient (Wildman–Crippen LogP) is 1.77. The summed E-state index contributed by atoms with van der Waals surface area (Å²) in [7, 11) is 0. The highest BCUT2D eigenvalue weighted by Crippen LogP contribution is 2.14. The Morgan fingerprint density at radius 1 is 1.33 bits per heavy atom. The molecule has 114 valence electrons. The van der Waals surface area contributed by atoms with Gasteiger partial charge in [-0.25, -0.2) is 4.98 Å². The molecule has 0 aliphatic rings. The number of aryl methyl sites for hydroxylation is 1. The van der Waals surface area contributed by atoms with Crippen LogP contribution in [0.2, 0.25) is 0 Å². The van der Waals surface area contributed by atoms with E-state index in [-0.39, 0.29) is 5.91 Å². The summed E-state index contributed by atoms with van der Waals surface area (Å²) < 4.78 is 2.03. The van der Waals surface area contributed by atoms with Gasteiger partial charge < -0.3 is 15.2 Å². The van der Waals surface area contributed by atoms with Crippen LogP contribution in [0.25, 0.3) is 0 Å². The second-order valence-electron chi connectivity index (χ2n) is 4.60. The molecule has 2 N–H and O–H groups in total. The standard InChI is InChI=1S/C13H20N6OS/c1-2-5-16-13-18-17-12(21-13)11(20)15-6-3-4-8-19-9-7-14-10-19/h7,9-10H,2-6,8H2,1H3,(H,15,20)(H,16,18). The summed E-state index contributed by atoms with van der Waals surface area (Å²) in [6.07, 6.45) is 8.43. The number of amides is 1. The number of nitrogens with zero attached hydrogens (tertiary/aromatic N) is 4. The summed E-state index contributed by atoms with van der Waals surface area (Å²) >= 11 is 1.28. The summed E-state index contributed by atoms with van der Waals surface area (Å²) in [5.41, 5.74) is 0. The van der Waals surface area contributed by atoms with Gasteiger partial charge in [0.25, 0.3) is 5.91 Å². The van der Waals surface area contributed by atoms with Gasteiger partial charge in [-0.3, -0.25) is 4.79 Å². The Morgan fingerprint density at radius 2 is 2.24 bits per heavy atom. The second kappa shape index (κ2) is 8.35. The third-order valence-corrected chi connectivity index (χ3v) is 3.71. The SMILES string of the molecule is CCCNc1nnc(C(=O)NCCCCn2ccnc2)s1. The summed E-state index contributed by atoms with van der Waals surface area (Å²) in [6.45, 7) is 4.47. The Bertz CT molecular complexity index is 539. The minimum atomic E-state index is -0.153. The van der Waals surface area contributed by atoms with Crippen molar-refractivity contribution in [3.05, 3.63) is 23.7 Å². The fourth-order valence-corrected chi connectivity index (χ4v) is 2.42. The highest BCUT2D eigenvalue weighted by molar-refractivity contribution is 7.17. The van der Waals surface area contributed by atoms with Crippen molar-refractivity contribution in [2.75, 3.05) is 18.4 Å². The molecule has 0 unspecified atom stereocenters. The van der Waals surface area contributed by atoms with Gasteiger partial charge in [0.1, 0.15) is 0 Å². The number of aromatic nitrogens is 4. The minimum Gasteiger partial charge on any atom is -0.360 e. The van der Waals surface area contributed by atoms with Gasteiger partial charge >= 0.3 is 0 Å². The average Bonchev–Trinajstić information content (AvgIpc) is 3.16. The van der Waals surface area contributed by atoms with E-state index in [0.717, 1.165) is 32.4 Å². The first-order chi connectivity index (χ1) is 10.3. The first-order valence-electron chi connectivity index (χ1n) is 7.11. The lowest BCUT2D eigenvalue weighted by Gasteiger charge is -2.03. The predicted molar refractivity (Wildman–Crippen MR) is 82.5 cm³/mol. The molecule has 0 saturated heterocycles. The molecule has 0 fully saturated rings. The molecule has 0 aliphatic heterocycles. The molecule has 1 amide bonds. The molecule has 2 aromatic heterocycles. The van der Waals surface area contributed by atoms with Gasteiger partial charge in [-0.05, 0) is 19.3 Å². The highest BCUT2D eigenvalue weighted by Gasteiger charge is 2.11. The van der Waals surface area contributed by atoms with Crippen molar-refractivity contribution in [2.45, 2.75) is 32.7 Å². The van der Waals surface area contributed by atoms with Crippen LogP contribution in [0, 0.1) is 0 Å². The fraction of sp³-hybridized carbons (Fsp3) is 0.538. The summed E-state index contributed by atoms with van der Waals surface area (Å²) in [4.78, 5) is 15.9. The first-order valence-corrected chi connectivity index (χ1v) is 7.92. The maximum absolute atomic E-state index is 11.9. The van der Waals surface area contributed by atoms with E-state index in [1.54, 1.807) is 12.5 Å². The molecule has 7 nitrogen and oxygen atoms in total. The van der Waals surface area contributed by atoms with Crippen LogP contribution in [0.3, 0.4) is 0 Å². The van der Waals surface area contributed by atoms with Crippen molar-refractivity contribution in [3.8, 4) is 0 Å². The molecular weight excluding hydrogens is 288 g/mol. The van der Waals surface area contributed by atoms with Gasteiger partial charge in [0.05, 0.1) is 6.33 Å². The number of imidazole rings is 1. The number of rotatable bonds is 9. The molecule has 0 bridgehead atoms. The van der Waals surface area contributed by atoms with Crippen LogP contribution in [0.1, 0.15) is 36.0 Å². The van der Waals surface area contributed by atoms with Crippen LogP contribution in [0.4, 0.5) is 5.13 Å². The van der Waals surface area contributed by atoms with Crippen LogP contribution in [-0.4, -0.2) is 38.7 Å². The van der Waals surface area contributed by atoms with E-state index in [1.165, 1.54) is 11.3 Å². The van der Waals surface area contributed by atoms with Gasteiger partial charge in [-0.1, -0.05) is 18.3 Å². The monoisotopic (exact) mass is 308 g/mol. The molecule has 0 radical (unpaired) electrons. The second-order valence-corrected chi connectivity index (χ2v) is 5.58. The smallest absolute Gasteiger partial charge is 0.282 e. The number of anilines is 1. The number of carbonyl (C=O) groups excluding carboxylic acids is 1. The van der Waals surface area contributed by atoms with E-state index in [9.17, 15) is 4.79 Å². The van der Waals surface area contributed by atoms with Crippen LogP contribution >= 0.6 is 11.3 Å². The Kier molecular flexibility index (Phi) is 6.14. The number of hydrogen-bond acceptors (Lipinski definition) is 6. The maximum atomic E-state index is 11.9. The quantitative estimate of drug-likeness (QED) is 0.690. The van der Waals surface area contributed by atoms with Gasteiger partial charge in [0.2, 0.25) is 10.1 Å². The normalized spacial score (nSPS) is 10.5. The van der Waals surface area contributed by atoms with Crippen LogP contribution in [-0.2, 0) is 6.54 Å². The molecule has 0 aliphatic carbocycles. The minimum absolute atomic E-state index is 0.153. The van der Waals surface area contributed by atoms with E-state index >= 15 is 0 Å². The number of hydrogen-bond donors (Lipinski definition) is 2. The molecule has 0 atom stereocenters. The Morgan fingerprint density at radius 3 is 3.00 bits per heavy atom. The molecule has 2 rings (SSSR count). The number of unbranched alkanes of at least 4 members (excludes halogenated alkanes) is 1. The van der Waals surface area contributed by atoms with E-state index < -0.39 is 0 Å². The molecule has 0 aromatic carbocycles. The number of nitrogens with one attached hydrogen (secondary N) is 2. The van der Waals surface area contributed by atoms with E-state index in [0.29, 0.717) is 16.7 Å². The van der Waals surface area contributed by atoms with Gasteiger partial charge in [0, 0.05) is 32.0 Å². The Balaban J connectivity index is 1.63. The summed E-state index contributed by atoms with van der Waals surface area (Å²) in [6, 6.07) is 0. The summed E-state index contributed by atoms with van der Waals surface area (Å²) in [5, 5.41) is 14.9. The zero-order valence-electron chi connectivity index (χ0n) is 12.1. The molecule has 2 heterocycles. The molecule has 2 aromatic rings. The first kappa shape index (κ1) is 15.4. The van der Waals surface area contributed by atoms with Crippen molar-refractivity contribution in [1.82, 2.24) is 25.1 Å². The van der Waals surface area contributed by atoms with Crippen LogP contribution in [0.15, 0.2) is 18.7 Å². The van der Waals surface area contributed by atoms with Crippen molar-refractivity contribution >= 4 is 22.4 Å². The topological polar surface area (TPSA) is 84.7 Å². The third-order valence-electron chi connectivity index (χ3n) is 2.83. The summed E-state index contributed by atoms with van der Waals surface area (Å²) in [5.74, 6) is -0.153. The largest absolute Gasteiger partial charge is 0.360 e. The van der Waals surface area contributed by atoms with Crippen molar-refractivity contribution in [2.24, 2.45) is 0 Å². The Hall–Kier alpha value is -1.96. The zero-order chi connectivity index (χ0) is 14.9. The lowest BCUT2D eigenvalue weighted by atomic mass is 10.3. The lowest BCUT2D eigenvalue weighted by Crippen LogP contribution is -2.24. The van der Waals surface area contributed by atoms with Gasteiger partial charge in [-0.2, -0.15) is 0 Å². The van der Waals surface area contributed by atoms with Gasteiger partial charge in [0.15, 0.2) is 0 Å². The van der Waals surface area contributed by atoms with Gasteiger partial charge in [-0.15, -0.1) is 10.2 Å². The number of carbonyl (C=O) groups is 1. The molecule has 0 spiro atoms. The van der Waals surface area contributed by atoms with Crippen LogP contribution < -0.4 is 10.6 Å². The maximum Gasteiger partial charge on any atom is 0.282 e. The zero-order valence-corrected chi connectivity index (χ0v) is 12.9. The highest BCUT2D eigenvalue weighted by atomic mass is 32.1. The molecular formula is C13H20N6OS. The Labute approximate surface area is 127 Å². The molecule has 21 heavy (non-hydrogen) atoms. The molecule has 0 saturated carbocycles. The van der Waals surface area contributed by atoms with E-state index in [1.807, 2.05) is 10.8 Å². The lowest BCUT2D eigenvalue weighted by molar-refractivity contribution is 0.0952. The average molecular weight is 308 g/mol. The fourth-order valence-electron chi connectivity index (χ4n) is 1.73. The van der Waals surface area contributed by atoms with Crippen molar-refractivity contribution in [1.29, 1.82) is 0 Å². The van der Waals surface area contributed by atoms with Crippen LogP contribution in [0.5, 0.6) is 0 Å².